The number of nitrogens with one attached hydrogen (secondary N) is 1. The van der Waals surface area contributed by atoms with E-state index in [1.807, 2.05) is 0 Å². The number of hydrogen-bond donors (Lipinski definition) is 2. The molecule has 0 unspecified atom stereocenters. The zero-order valence-corrected chi connectivity index (χ0v) is 11.0. The third-order valence-electron chi connectivity index (χ3n) is 3.41. The lowest BCUT2D eigenvalue weighted by Crippen LogP contribution is -2.40. The SMILES string of the molecule is NC(=O)O[C@@H]1CCCC[C@H]1Nc1ccccc1[N+](=O)[O-]. The minimum absolute atomic E-state index is 0.0101. The molecule has 0 aromatic heterocycles. The van der Waals surface area contributed by atoms with Crippen LogP contribution in [-0.2, 0) is 4.74 Å². The molecule has 1 saturated carbocycles. The van der Waals surface area contributed by atoms with Crippen LogP contribution in [-0.4, -0.2) is 23.2 Å². The van der Waals surface area contributed by atoms with Crippen molar-refractivity contribution in [3.63, 3.8) is 0 Å². The minimum Gasteiger partial charge on any atom is -0.444 e. The van der Waals surface area contributed by atoms with Crippen LogP contribution < -0.4 is 11.1 Å². The molecule has 2 atom stereocenters. The summed E-state index contributed by atoms with van der Waals surface area (Å²) in [6, 6.07) is 6.27. The largest absolute Gasteiger partial charge is 0.444 e. The van der Waals surface area contributed by atoms with Crippen molar-refractivity contribution in [2.24, 2.45) is 5.73 Å². The number of hydrogen-bond acceptors (Lipinski definition) is 5. The zero-order valence-electron chi connectivity index (χ0n) is 11.0. The first-order valence-electron chi connectivity index (χ1n) is 6.54. The Balaban J connectivity index is 2.14. The first-order valence-corrected chi connectivity index (χ1v) is 6.54. The van der Waals surface area contributed by atoms with Crippen LogP contribution >= 0.6 is 0 Å². The maximum Gasteiger partial charge on any atom is 0.404 e. The molecule has 0 radical (unpaired) electrons. The zero-order chi connectivity index (χ0) is 14.5. The van der Waals surface area contributed by atoms with Crippen molar-refractivity contribution < 1.29 is 14.5 Å². The maximum atomic E-state index is 11.0. The molecular weight excluding hydrogens is 262 g/mol. The quantitative estimate of drug-likeness (QED) is 0.650. The van der Waals surface area contributed by atoms with E-state index in [1.165, 1.54) is 6.07 Å². The van der Waals surface area contributed by atoms with Gasteiger partial charge in [0.05, 0.1) is 11.0 Å². The molecule has 1 amide bonds. The van der Waals surface area contributed by atoms with E-state index in [0.29, 0.717) is 12.1 Å². The Bertz CT molecular complexity index is 506. The van der Waals surface area contributed by atoms with E-state index >= 15 is 0 Å². The molecule has 0 heterocycles. The fraction of sp³-hybridized carbons (Fsp3) is 0.462. The van der Waals surface area contributed by atoms with Gasteiger partial charge >= 0.3 is 6.09 Å². The molecular formula is C13H17N3O4. The van der Waals surface area contributed by atoms with E-state index in [4.69, 9.17) is 10.5 Å². The number of carbonyl (C=O) groups is 1. The molecule has 2 rings (SSSR count). The van der Waals surface area contributed by atoms with E-state index in [9.17, 15) is 14.9 Å². The number of amides is 1. The highest BCUT2D eigenvalue weighted by molar-refractivity contribution is 5.65. The number of nitrogens with zero attached hydrogens (tertiary/aromatic N) is 1. The van der Waals surface area contributed by atoms with Gasteiger partial charge < -0.3 is 15.8 Å². The molecule has 1 aromatic rings. The van der Waals surface area contributed by atoms with Crippen molar-refractivity contribution >= 4 is 17.5 Å². The van der Waals surface area contributed by atoms with Gasteiger partial charge in [-0.1, -0.05) is 18.6 Å². The second-order valence-electron chi connectivity index (χ2n) is 4.78. The Morgan fingerprint density at radius 2 is 2.05 bits per heavy atom. The average Bonchev–Trinajstić information content (AvgIpc) is 2.41. The lowest BCUT2D eigenvalue weighted by Gasteiger charge is -2.31. The molecule has 0 bridgehead atoms. The van der Waals surface area contributed by atoms with Gasteiger partial charge in [0.1, 0.15) is 11.8 Å². The summed E-state index contributed by atoms with van der Waals surface area (Å²) in [7, 11) is 0. The summed E-state index contributed by atoms with van der Waals surface area (Å²) < 4.78 is 5.08. The lowest BCUT2D eigenvalue weighted by atomic mass is 9.92. The molecule has 1 aliphatic rings. The molecule has 7 heteroatoms. The summed E-state index contributed by atoms with van der Waals surface area (Å²) in [6.07, 6.45) is 2.27. The molecule has 7 nitrogen and oxygen atoms in total. The predicted molar refractivity (Wildman–Crippen MR) is 73.4 cm³/mol. The number of rotatable bonds is 4. The highest BCUT2D eigenvalue weighted by atomic mass is 16.6. The Morgan fingerprint density at radius 3 is 2.75 bits per heavy atom. The van der Waals surface area contributed by atoms with E-state index in [2.05, 4.69) is 5.32 Å². The Labute approximate surface area is 116 Å². The van der Waals surface area contributed by atoms with Crippen molar-refractivity contribution in [1.82, 2.24) is 0 Å². The third-order valence-corrected chi connectivity index (χ3v) is 3.41. The van der Waals surface area contributed by atoms with Crippen LogP contribution in [0.25, 0.3) is 0 Å². The number of ether oxygens (including phenoxy) is 1. The summed E-state index contributed by atoms with van der Waals surface area (Å²) in [5, 5.41) is 14.1. The van der Waals surface area contributed by atoms with Gasteiger partial charge in [0.2, 0.25) is 0 Å². The first-order chi connectivity index (χ1) is 9.58. The normalized spacial score (nSPS) is 22.0. The van der Waals surface area contributed by atoms with Gasteiger partial charge in [-0.2, -0.15) is 0 Å². The summed E-state index contributed by atoms with van der Waals surface area (Å²) in [5.74, 6) is 0. The molecule has 0 aliphatic heterocycles. The van der Waals surface area contributed by atoms with Crippen molar-refractivity contribution in [3.8, 4) is 0 Å². The number of nitro benzene ring substituents is 1. The number of anilines is 1. The van der Waals surface area contributed by atoms with Crippen LogP contribution in [0.3, 0.4) is 0 Å². The van der Waals surface area contributed by atoms with Crippen LogP contribution in [0.4, 0.5) is 16.2 Å². The monoisotopic (exact) mass is 279 g/mol. The summed E-state index contributed by atoms with van der Waals surface area (Å²) in [4.78, 5) is 21.5. The van der Waals surface area contributed by atoms with Crippen molar-refractivity contribution in [1.29, 1.82) is 0 Å². The third kappa shape index (κ3) is 3.37. The fourth-order valence-corrected chi connectivity index (χ4v) is 2.51. The number of nitrogens with two attached hydrogens (primary N) is 1. The topological polar surface area (TPSA) is 107 Å². The molecule has 0 saturated heterocycles. The number of para-hydroxylation sites is 2. The van der Waals surface area contributed by atoms with Crippen LogP contribution in [0, 0.1) is 10.1 Å². The maximum absolute atomic E-state index is 11.0. The lowest BCUT2D eigenvalue weighted by molar-refractivity contribution is -0.384. The van der Waals surface area contributed by atoms with Gasteiger partial charge in [-0.05, 0) is 25.3 Å². The van der Waals surface area contributed by atoms with Gasteiger partial charge in [0, 0.05) is 6.07 Å². The van der Waals surface area contributed by atoms with Crippen LogP contribution in [0.5, 0.6) is 0 Å². The molecule has 20 heavy (non-hydrogen) atoms. The Morgan fingerprint density at radius 1 is 1.35 bits per heavy atom. The van der Waals surface area contributed by atoms with E-state index in [0.717, 1.165) is 19.3 Å². The molecule has 1 fully saturated rings. The van der Waals surface area contributed by atoms with Gasteiger partial charge in [-0.15, -0.1) is 0 Å². The summed E-state index contributed by atoms with van der Waals surface area (Å²) in [6.45, 7) is 0. The highest BCUT2D eigenvalue weighted by Gasteiger charge is 2.29. The molecule has 1 aromatic carbocycles. The van der Waals surface area contributed by atoms with Gasteiger partial charge in [0.25, 0.3) is 5.69 Å². The Kier molecular flexibility index (Phi) is 4.39. The van der Waals surface area contributed by atoms with Crippen LogP contribution in [0.1, 0.15) is 25.7 Å². The second kappa shape index (κ2) is 6.23. The molecule has 3 N–H and O–H groups in total. The standard InChI is InChI=1S/C13H17N3O4/c14-13(17)20-12-8-4-2-6-10(12)15-9-5-1-3-7-11(9)16(18)19/h1,3,5,7,10,12,15H,2,4,6,8H2,(H2,14,17)/t10-,12-/m1/s1. The summed E-state index contributed by atoms with van der Waals surface area (Å²) >= 11 is 0. The van der Waals surface area contributed by atoms with E-state index < -0.39 is 11.0 Å². The summed E-state index contributed by atoms with van der Waals surface area (Å²) in [5.41, 5.74) is 5.50. The smallest absolute Gasteiger partial charge is 0.404 e. The second-order valence-corrected chi connectivity index (χ2v) is 4.78. The van der Waals surface area contributed by atoms with Crippen molar-refractivity contribution in [2.45, 2.75) is 37.8 Å². The van der Waals surface area contributed by atoms with Gasteiger partial charge in [-0.25, -0.2) is 4.79 Å². The fourth-order valence-electron chi connectivity index (χ4n) is 2.51. The van der Waals surface area contributed by atoms with Crippen molar-refractivity contribution in [2.75, 3.05) is 5.32 Å². The molecule has 108 valence electrons. The number of primary amides is 1. The van der Waals surface area contributed by atoms with Gasteiger partial charge in [0.15, 0.2) is 0 Å². The number of carbonyl (C=O) groups excluding carboxylic acids is 1. The molecule has 1 aliphatic carbocycles. The number of nitro groups is 1. The van der Waals surface area contributed by atoms with E-state index in [-0.39, 0.29) is 17.8 Å². The van der Waals surface area contributed by atoms with Crippen LogP contribution in [0.2, 0.25) is 0 Å². The van der Waals surface area contributed by atoms with Crippen LogP contribution in [0.15, 0.2) is 24.3 Å². The van der Waals surface area contributed by atoms with Gasteiger partial charge in [-0.3, -0.25) is 10.1 Å². The number of benzene rings is 1. The Hall–Kier alpha value is -2.31. The highest BCUT2D eigenvalue weighted by Crippen LogP contribution is 2.29. The predicted octanol–water partition coefficient (Wildman–Crippen LogP) is 2.41. The van der Waals surface area contributed by atoms with E-state index in [1.54, 1.807) is 18.2 Å². The minimum atomic E-state index is -0.814. The molecule has 0 spiro atoms. The van der Waals surface area contributed by atoms with Crippen molar-refractivity contribution in [3.05, 3.63) is 34.4 Å². The first kappa shape index (κ1) is 14.1. The average molecular weight is 279 g/mol.